The van der Waals surface area contributed by atoms with Crippen molar-refractivity contribution in [2.45, 2.75) is 32.2 Å². The van der Waals surface area contributed by atoms with E-state index in [0.717, 1.165) is 30.5 Å². The maximum atomic E-state index is 11.9. The third-order valence-corrected chi connectivity index (χ3v) is 4.79. The van der Waals surface area contributed by atoms with E-state index in [1.54, 1.807) is 23.5 Å². The molecule has 0 atom stereocenters. The van der Waals surface area contributed by atoms with Crippen LogP contribution in [0.4, 0.5) is 9.93 Å². The summed E-state index contributed by atoms with van der Waals surface area (Å²) in [5.74, 6) is -0.963. The van der Waals surface area contributed by atoms with Crippen molar-refractivity contribution in [3.8, 4) is 0 Å². The van der Waals surface area contributed by atoms with Crippen molar-refractivity contribution in [1.29, 1.82) is 0 Å². The number of nitrogens with one attached hydrogen (secondary N) is 2. The number of nitrogens with zero attached hydrogens (tertiary/aromatic N) is 1. The first-order valence-corrected chi connectivity index (χ1v) is 8.29. The molecule has 0 bridgehead atoms. The summed E-state index contributed by atoms with van der Waals surface area (Å²) in [4.78, 5) is 28.4. The number of rotatable bonds is 4. The number of anilines is 1. The number of fused-ring (bicyclic) bond motifs is 1. The third kappa shape index (κ3) is 3.87. The van der Waals surface area contributed by atoms with Gasteiger partial charge in [0.1, 0.15) is 0 Å². The molecule has 2 amide bonds. The fourth-order valence-corrected chi connectivity index (χ4v) is 3.54. The topological polar surface area (TPSA) is 91.3 Å². The van der Waals surface area contributed by atoms with Gasteiger partial charge in [-0.1, -0.05) is 12.1 Å². The number of urea groups is 1. The number of carboxylic acid groups (broad SMARTS) is 1. The van der Waals surface area contributed by atoms with Gasteiger partial charge < -0.3 is 10.4 Å². The van der Waals surface area contributed by atoms with E-state index in [0.29, 0.717) is 11.7 Å². The van der Waals surface area contributed by atoms with Gasteiger partial charge in [-0.2, -0.15) is 0 Å². The van der Waals surface area contributed by atoms with Crippen molar-refractivity contribution in [3.05, 3.63) is 46.0 Å². The smallest absolute Gasteiger partial charge is 0.335 e. The largest absolute Gasteiger partial charge is 0.478 e. The average molecular weight is 331 g/mol. The van der Waals surface area contributed by atoms with E-state index in [4.69, 9.17) is 5.11 Å². The number of benzene rings is 1. The van der Waals surface area contributed by atoms with Gasteiger partial charge in [0, 0.05) is 11.4 Å². The molecule has 0 aliphatic heterocycles. The molecule has 3 rings (SSSR count). The van der Waals surface area contributed by atoms with Crippen LogP contribution in [0, 0.1) is 0 Å². The molecule has 1 aliphatic rings. The standard InChI is InChI=1S/C16H17N3O3S/c20-14(21)11-7-5-10(6-8-11)9-17-15(22)19-16-18-12-3-1-2-4-13(12)23-16/h5-8H,1-4,9H2,(H,20,21)(H2,17,18,19,22). The Labute approximate surface area is 137 Å². The fourth-order valence-electron chi connectivity index (χ4n) is 2.49. The zero-order valence-corrected chi connectivity index (χ0v) is 13.3. The molecular weight excluding hydrogens is 314 g/mol. The second-order valence-corrected chi connectivity index (χ2v) is 6.49. The van der Waals surface area contributed by atoms with Crippen LogP contribution < -0.4 is 10.6 Å². The number of hydrogen-bond acceptors (Lipinski definition) is 4. The summed E-state index contributed by atoms with van der Waals surface area (Å²) in [6.45, 7) is 0.330. The predicted molar refractivity (Wildman–Crippen MR) is 88.0 cm³/mol. The minimum atomic E-state index is -0.963. The van der Waals surface area contributed by atoms with Gasteiger partial charge in [0.25, 0.3) is 0 Å². The highest BCUT2D eigenvalue weighted by molar-refractivity contribution is 7.15. The Morgan fingerprint density at radius 2 is 1.91 bits per heavy atom. The normalized spacial score (nSPS) is 13.2. The Hall–Kier alpha value is -2.41. The molecule has 0 unspecified atom stereocenters. The summed E-state index contributed by atoms with van der Waals surface area (Å²) in [6.07, 6.45) is 4.39. The molecule has 1 aromatic carbocycles. The highest BCUT2D eigenvalue weighted by atomic mass is 32.1. The van der Waals surface area contributed by atoms with E-state index in [9.17, 15) is 9.59 Å². The predicted octanol–water partition coefficient (Wildman–Crippen LogP) is 3.04. The van der Waals surface area contributed by atoms with Crippen LogP contribution in [0.15, 0.2) is 24.3 Å². The lowest BCUT2D eigenvalue weighted by Gasteiger charge is -2.06. The fraction of sp³-hybridized carbons (Fsp3) is 0.312. The van der Waals surface area contributed by atoms with E-state index >= 15 is 0 Å². The molecule has 2 aromatic rings. The minimum absolute atomic E-state index is 0.228. The molecule has 0 saturated heterocycles. The first-order chi connectivity index (χ1) is 11.1. The van der Waals surface area contributed by atoms with E-state index in [1.165, 1.54) is 23.4 Å². The van der Waals surface area contributed by atoms with Gasteiger partial charge >= 0.3 is 12.0 Å². The van der Waals surface area contributed by atoms with Crippen LogP contribution in [0.3, 0.4) is 0 Å². The molecular formula is C16H17N3O3S. The zero-order chi connectivity index (χ0) is 16.2. The van der Waals surface area contributed by atoms with Crippen LogP contribution in [-0.4, -0.2) is 22.1 Å². The van der Waals surface area contributed by atoms with Crippen molar-refractivity contribution >= 4 is 28.5 Å². The number of aromatic nitrogens is 1. The third-order valence-electron chi connectivity index (χ3n) is 3.72. The lowest BCUT2D eigenvalue weighted by molar-refractivity contribution is 0.0697. The SMILES string of the molecule is O=C(NCc1ccc(C(=O)O)cc1)Nc1nc2c(s1)CCCC2. The van der Waals surface area contributed by atoms with Crippen molar-refractivity contribution in [2.75, 3.05) is 5.32 Å². The summed E-state index contributed by atoms with van der Waals surface area (Å²) in [7, 11) is 0. The first kappa shape index (κ1) is 15.5. The monoisotopic (exact) mass is 331 g/mol. The average Bonchev–Trinajstić information content (AvgIpc) is 2.95. The number of thiazole rings is 1. The maximum Gasteiger partial charge on any atom is 0.335 e. The summed E-state index contributed by atoms with van der Waals surface area (Å²) >= 11 is 1.54. The van der Waals surface area contributed by atoms with Crippen LogP contribution in [0.25, 0.3) is 0 Å². The van der Waals surface area contributed by atoms with Gasteiger partial charge in [-0.3, -0.25) is 5.32 Å². The van der Waals surface area contributed by atoms with E-state index in [2.05, 4.69) is 15.6 Å². The van der Waals surface area contributed by atoms with E-state index in [-0.39, 0.29) is 11.6 Å². The Bertz CT molecular complexity index is 701. The molecule has 23 heavy (non-hydrogen) atoms. The number of aryl methyl sites for hydroxylation is 2. The Kier molecular flexibility index (Phi) is 4.57. The number of carbonyl (C=O) groups is 2. The van der Waals surface area contributed by atoms with Crippen LogP contribution in [0.2, 0.25) is 0 Å². The highest BCUT2D eigenvalue weighted by Crippen LogP contribution is 2.29. The van der Waals surface area contributed by atoms with Crippen molar-refractivity contribution in [2.24, 2.45) is 0 Å². The minimum Gasteiger partial charge on any atom is -0.478 e. The van der Waals surface area contributed by atoms with Crippen molar-refractivity contribution in [1.82, 2.24) is 10.3 Å². The number of hydrogen-bond donors (Lipinski definition) is 3. The van der Waals surface area contributed by atoms with E-state index in [1.807, 2.05) is 0 Å². The number of carbonyl (C=O) groups excluding carboxylic acids is 1. The van der Waals surface area contributed by atoms with Gasteiger partial charge in [0.2, 0.25) is 0 Å². The van der Waals surface area contributed by atoms with Gasteiger partial charge in [0.15, 0.2) is 5.13 Å². The van der Waals surface area contributed by atoms with E-state index < -0.39 is 5.97 Å². The van der Waals surface area contributed by atoms with Crippen molar-refractivity contribution < 1.29 is 14.7 Å². The Morgan fingerprint density at radius 3 is 2.61 bits per heavy atom. The van der Waals surface area contributed by atoms with Gasteiger partial charge in [-0.25, -0.2) is 14.6 Å². The lowest BCUT2D eigenvalue weighted by atomic mass is 10.0. The van der Waals surface area contributed by atoms with Gasteiger partial charge in [0.05, 0.1) is 11.3 Å². The van der Waals surface area contributed by atoms with Gasteiger partial charge in [-0.15, -0.1) is 11.3 Å². The van der Waals surface area contributed by atoms with Gasteiger partial charge in [-0.05, 0) is 43.4 Å². The van der Waals surface area contributed by atoms with Crippen LogP contribution in [0.5, 0.6) is 0 Å². The highest BCUT2D eigenvalue weighted by Gasteiger charge is 2.16. The van der Waals surface area contributed by atoms with Crippen LogP contribution in [0.1, 0.15) is 39.3 Å². The number of aromatic carboxylic acids is 1. The Morgan fingerprint density at radius 1 is 1.17 bits per heavy atom. The summed E-state index contributed by atoms with van der Waals surface area (Å²) in [5, 5.41) is 15.0. The number of amides is 2. The molecule has 0 fully saturated rings. The molecule has 7 heteroatoms. The molecule has 1 aliphatic carbocycles. The second kappa shape index (κ2) is 6.78. The molecule has 120 valence electrons. The molecule has 0 radical (unpaired) electrons. The quantitative estimate of drug-likeness (QED) is 0.803. The molecule has 1 aromatic heterocycles. The molecule has 0 spiro atoms. The van der Waals surface area contributed by atoms with Crippen molar-refractivity contribution in [3.63, 3.8) is 0 Å². The van der Waals surface area contributed by atoms with Crippen LogP contribution >= 0.6 is 11.3 Å². The second-order valence-electron chi connectivity index (χ2n) is 5.41. The Balaban J connectivity index is 1.53. The summed E-state index contributed by atoms with van der Waals surface area (Å²) in [6, 6.07) is 6.11. The number of carboxylic acids is 1. The maximum absolute atomic E-state index is 11.9. The van der Waals surface area contributed by atoms with Crippen LogP contribution in [-0.2, 0) is 19.4 Å². The molecule has 1 heterocycles. The molecule has 6 nitrogen and oxygen atoms in total. The lowest BCUT2D eigenvalue weighted by Crippen LogP contribution is -2.28. The summed E-state index contributed by atoms with van der Waals surface area (Å²) < 4.78 is 0. The molecule has 0 saturated carbocycles. The zero-order valence-electron chi connectivity index (χ0n) is 12.5. The molecule has 3 N–H and O–H groups in total. The first-order valence-electron chi connectivity index (χ1n) is 7.47. The summed E-state index contributed by atoms with van der Waals surface area (Å²) in [5.41, 5.74) is 2.18.